The second kappa shape index (κ2) is 4.88. The zero-order chi connectivity index (χ0) is 12.3. The van der Waals surface area contributed by atoms with Crippen LogP contribution in [0.3, 0.4) is 0 Å². The average molecular weight is 232 g/mol. The van der Waals surface area contributed by atoms with Crippen molar-refractivity contribution < 1.29 is 4.74 Å². The van der Waals surface area contributed by atoms with Gasteiger partial charge >= 0.3 is 0 Å². The summed E-state index contributed by atoms with van der Waals surface area (Å²) < 4.78 is 5.46. The van der Waals surface area contributed by atoms with Crippen LogP contribution in [0.4, 0.5) is 5.95 Å². The molecule has 0 fully saturated rings. The summed E-state index contributed by atoms with van der Waals surface area (Å²) in [6.07, 6.45) is 0. The SMILES string of the molecule is CCOc1cccc(-c2nc(NN)[nH]c2C)c1. The molecule has 4 N–H and O–H groups in total. The number of nitrogens with one attached hydrogen (secondary N) is 2. The van der Waals surface area contributed by atoms with Crippen LogP contribution in [-0.2, 0) is 0 Å². The zero-order valence-corrected chi connectivity index (χ0v) is 9.95. The summed E-state index contributed by atoms with van der Waals surface area (Å²) in [5.41, 5.74) is 5.34. The number of rotatable bonds is 4. The molecule has 0 unspecified atom stereocenters. The fourth-order valence-electron chi connectivity index (χ4n) is 1.71. The Morgan fingerprint density at radius 1 is 1.47 bits per heavy atom. The van der Waals surface area contributed by atoms with E-state index in [0.29, 0.717) is 12.6 Å². The van der Waals surface area contributed by atoms with Gasteiger partial charge in [-0.1, -0.05) is 12.1 Å². The van der Waals surface area contributed by atoms with E-state index in [-0.39, 0.29) is 0 Å². The van der Waals surface area contributed by atoms with Gasteiger partial charge in [-0.25, -0.2) is 10.8 Å². The molecule has 0 bridgehead atoms. The molecular formula is C12H16N4O. The molecule has 2 rings (SSSR count). The van der Waals surface area contributed by atoms with Crippen molar-refractivity contribution in [2.75, 3.05) is 12.0 Å². The van der Waals surface area contributed by atoms with Crippen molar-refractivity contribution in [3.05, 3.63) is 30.0 Å². The van der Waals surface area contributed by atoms with Gasteiger partial charge in [-0.05, 0) is 26.0 Å². The number of aromatic nitrogens is 2. The van der Waals surface area contributed by atoms with E-state index in [1.165, 1.54) is 0 Å². The van der Waals surface area contributed by atoms with E-state index in [1.54, 1.807) is 0 Å². The van der Waals surface area contributed by atoms with E-state index >= 15 is 0 Å². The average Bonchev–Trinajstić information content (AvgIpc) is 2.71. The Morgan fingerprint density at radius 2 is 2.29 bits per heavy atom. The minimum absolute atomic E-state index is 0.555. The second-order valence-electron chi connectivity index (χ2n) is 3.66. The lowest BCUT2D eigenvalue weighted by atomic mass is 10.1. The van der Waals surface area contributed by atoms with Crippen LogP contribution < -0.4 is 16.0 Å². The maximum absolute atomic E-state index is 5.46. The first-order valence-electron chi connectivity index (χ1n) is 5.51. The summed E-state index contributed by atoms with van der Waals surface area (Å²) >= 11 is 0. The normalized spacial score (nSPS) is 10.3. The first kappa shape index (κ1) is 11.5. The number of aromatic amines is 1. The van der Waals surface area contributed by atoms with Crippen LogP contribution in [0, 0.1) is 6.92 Å². The third-order valence-electron chi connectivity index (χ3n) is 2.44. The lowest BCUT2D eigenvalue weighted by Crippen LogP contribution is -2.07. The van der Waals surface area contributed by atoms with Gasteiger partial charge in [-0.3, -0.25) is 5.43 Å². The topological polar surface area (TPSA) is 76.0 Å². The van der Waals surface area contributed by atoms with E-state index in [2.05, 4.69) is 15.4 Å². The second-order valence-corrected chi connectivity index (χ2v) is 3.66. The number of hydrogen-bond acceptors (Lipinski definition) is 4. The maximum atomic E-state index is 5.46. The summed E-state index contributed by atoms with van der Waals surface area (Å²) in [7, 11) is 0. The lowest BCUT2D eigenvalue weighted by molar-refractivity contribution is 0.340. The van der Waals surface area contributed by atoms with E-state index < -0.39 is 0 Å². The summed E-state index contributed by atoms with van der Waals surface area (Å²) in [6.45, 7) is 4.57. The van der Waals surface area contributed by atoms with Gasteiger partial charge in [0, 0.05) is 11.3 Å². The lowest BCUT2D eigenvalue weighted by Gasteiger charge is -2.04. The molecule has 0 spiro atoms. The minimum Gasteiger partial charge on any atom is -0.494 e. The van der Waals surface area contributed by atoms with Crippen LogP contribution >= 0.6 is 0 Å². The Labute approximate surface area is 100.0 Å². The Morgan fingerprint density at radius 3 is 2.94 bits per heavy atom. The van der Waals surface area contributed by atoms with Crippen LogP contribution in [0.15, 0.2) is 24.3 Å². The smallest absolute Gasteiger partial charge is 0.215 e. The largest absolute Gasteiger partial charge is 0.494 e. The zero-order valence-electron chi connectivity index (χ0n) is 9.95. The van der Waals surface area contributed by atoms with E-state index in [1.807, 2.05) is 38.1 Å². The van der Waals surface area contributed by atoms with Gasteiger partial charge in [0.25, 0.3) is 0 Å². The van der Waals surface area contributed by atoms with Crippen molar-refractivity contribution in [2.24, 2.45) is 5.84 Å². The molecule has 1 aromatic heterocycles. The van der Waals surface area contributed by atoms with Gasteiger partial charge in [0.2, 0.25) is 5.95 Å². The monoisotopic (exact) mass is 232 g/mol. The molecule has 17 heavy (non-hydrogen) atoms. The fourth-order valence-corrected chi connectivity index (χ4v) is 1.71. The molecule has 0 saturated carbocycles. The highest BCUT2D eigenvalue weighted by Crippen LogP contribution is 2.25. The number of nitrogens with zero attached hydrogens (tertiary/aromatic N) is 1. The molecule has 0 radical (unpaired) electrons. The first-order chi connectivity index (χ1) is 8.24. The summed E-state index contributed by atoms with van der Waals surface area (Å²) in [6, 6.07) is 7.83. The van der Waals surface area contributed by atoms with Gasteiger partial charge in [-0.2, -0.15) is 0 Å². The van der Waals surface area contributed by atoms with Crippen LogP contribution in [0.1, 0.15) is 12.6 Å². The number of hydrogen-bond donors (Lipinski definition) is 3. The van der Waals surface area contributed by atoms with E-state index in [0.717, 1.165) is 22.7 Å². The molecule has 5 nitrogen and oxygen atoms in total. The molecule has 5 heteroatoms. The van der Waals surface area contributed by atoms with Gasteiger partial charge in [0.1, 0.15) is 5.75 Å². The van der Waals surface area contributed by atoms with Crippen molar-refractivity contribution in [3.63, 3.8) is 0 Å². The van der Waals surface area contributed by atoms with Crippen molar-refractivity contribution in [3.8, 4) is 17.0 Å². The maximum Gasteiger partial charge on any atom is 0.215 e. The molecule has 1 heterocycles. The minimum atomic E-state index is 0.555. The molecule has 0 amide bonds. The van der Waals surface area contributed by atoms with Crippen LogP contribution in [0.5, 0.6) is 5.75 Å². The predicted molar refractivity (Wildman–Crippen MR) is 67.7 cm³/mol. The number of anilines is 1. The highest BCUT2D eigenvalue weighted by molar-refractivity contribution is 5.65. The van der Waals surface area contributed by atoms with Crippen molar-refractivity contribution in [1.82, 2.24) is 9.97 Å². The molecular weight excluding hydrogens is 216 g/mol. The van der Waals surface area contributed by atoms with Gasteiger partial charge < -0.3 is 9.72 Å². The van der Waals surface area contributed by atoms with Crippen LogP contribution in [-0.4, -0.2) is 16.6 Å². The van der Waals surface area contributed by atoms with Crippen molar-refractivity contribution in [1.29, 1.82) is 0 Å². The number of aryl methyl sites for hydroxylation is 1. The third-order valence-corrected chi connectivity index (χ3v) is 2.44. The summed E-state index contributed by atoms with van der Waals surface area (Å²) in [4.78, 5) is 7.41. The Kier molecular flexibility index (Phi) is 3.30. The highest BCUT2D eigenvalue weighted by atomic mass is 16.5. The number of hydrazine groups is 1. The number of nitrogens with two attached hydrogens (primary N) is 1. The number of imidazole rings is 1. The van der Waals surface area contributed by atoms with Crippen molar-refractivity contribution >= 4 is 5.95 Å². The van der Waals surface area contributed by atoms with Crippen molar-refractivity contribution in [2.45, 2.75) is 13.8 Å². The first-order valence-corrected chi connectivity index (χ1v) is 5.51. The molecule has 1 aromatic carbocycles. The molecule has 0 saturated heterocycles. The number of nitrogen functional groups attached to an aromatic ring is 1. The summed E-state index contributed by atoms with van der Waals surface area (Å²) in [5.74, 6) is 6.72. The van der Waals surface area contributed by atoms with E-state index in [4.69, 9.17) is 10.6 Å². The van der Waals surface area contributed by atoms with Crippen LogP contribution in [0.2, 0.25) is 0 Å². The molecule has 2 aromatic rings. The number of benzene rings is 1. The third kappa shape index (κ3) is 2.39. The van der Waals surface area contributed by atoms with E-state index in [9.17, 15) is 0 Å². The number of H-pyrrole nitrogens is 1. The molecule has 0 atom stereocenters. The molecule has 0 aliphatic rings. The molecule has 0 aliphatic heterocycles. The molecule has 0 aliphatic carbocycles. The Bertz CT molecular complexity index is 507. The van der Waals surface area contributed by atoms with Gasteiger partial charge in [0.15, 0.2) is 0 Å². The molecule has 90 valence electrons. The summed E-state index contributed by atoms with van der Waals surface area (Å²) in [5, 5.41) is 0. The predicted octanol–water partition coefficient (Wildman–Crippen LogP) is 2.07. The quantitative estimate of drug-likeness (QED) is 0.557. The highest BCUT2D eigenvalue weighted by Gasteiger charge is 2.08. The van der Waals surface area contributed by atoms with Gasteiger partial charge in [-0.15, -0.1) is 0 Å². The number of ether oxygens (including phenoxy) is 1. The Hall–Kier alpha value is -2.01. The Balaban J connectivity index is 2.37. The standard InChI is InChI=1S/C12H16N4O/c1-3-17-10-6-4-5-9(7-10)11-8(2)14-12(15-11)16-13/h4-7H,3,13H2,1-2H3,(H2,14,15,16). The van der Waals surface area contributed by atoms with Gasteiger partial charge in [0.05, 0.1) is 12.3 Å². The fraction of sp³-hybridized carbons (Fsp3) is 0.250. The van der Waals surface area contributed by atoms with Crippen LogP contribution in [0.25, 0.3) is 11.3 Å².